The Bertz CT molecular complexity index is 266. The first-order valence-corrected chi connectivity index (χ1v) is 4.39. The van der Waals surface area contributed by atoms with Crippen LogP contribution in [0.5, 0.6) is 0 Å². The molecule has 1 atom stereocenters. The van der Waals surface area contributed by atoms with E-state index < -0.39 is 0 Å². The van der Waals surface area contributed by atoms with Gasteiger partial charge in [-0.3, -0.25) is 4.79 Å². The lowest BCUT2D eigenvalue weighted by Crippen LogP contribution is -2.32. The van der Waals surface area contributed by atoms with Crippen LogP contribution in [0.1, 0.15) is 20.3 Å². The molecule has 72 valence electrons. The van der Waals surface area contributed by atoms with Gasteiger partial charge in [0.1, 0.15) is 0 Å². The zero-order valence-electron chi connectivity index (χ0n) is 8.00. The van der Waals surface area contributed by atoms with Crippen LogP contribution in [-0.2, 0) is 4.79 Å². The Balaban J connectivity index is 2.60. The summed E-state index contributed by atoms with van der Waals surface area (Å²) in [7, 11) is 0. The summed E-state index contributed by atoms with van der Waals surface area (Å²) < 4.78 is 0. The first-order valence-electron chi connectivity index (χ1n) is 4.39. The maximum absolute atomic E-state index is 10.8. The molecule has 1 amide bonds. The zero-order chi connectivity index (χ0) is 9.84. The maximum Gasteiger partial charge on any atom is 0.217 e. The number of rotatable bonds is 2. The highest BCUT2D eigenvalue weighted by atomic mass is 16.3. The van der Waals surface area contributed by atoms with Crippen molar-refractivity contribution in [2.75, 3.05) is 6.61 Å². The summed E-state index contributed by atoms with van der Waals surface area (Å²) in [5, 5.41) is 11.7. The van der Waals surface area contributed by atoms with Crippen LogP contribution in [0, 0.1) is 0 Å². The van der Waals surface area contributed by atoms with Crippen LogP contribution in [0.2, 0.25) is 0 Å². The predicted molar refractivity (Wildman–Crippen MR) is 51.1 cm³/mol. The van der Waals surface area contributed by atoms with Gasteiger partial charge in [0, 0.05) is 6.92 Å². The van der Waals surface area contributed by atoms with E-state index in [1.807, 2.05) is 19.1 Å². The molecular weight excluding hydrogens is 166 g/mol. The van der Waals surface area contributed by atoms with Crippen LogP contribution in [0.4, 0.5) is 0 Å². The highest BCUT2D eigenvalue weighted by molar-refractivity contribution is 5.73. The third kappa shape index (κ3) is 2.70. The topological polar surface area (TPSA) is 49.3 Å². The predicted octanol–water partition coefficient (Wildman–Crippen LogP) is 0.760. The smallest absolute Gasteiger partial charge is 0.217 e. The summed E-state index contributed by atoms with van der Waals surface area (Å²) in [5.41, 5.74) is 2.01. The molecule has 0 heterocycles. The molecule has 3 nitrogen and oxygen atoms in total. The van der Waals surface area contributed by atoms with Crippen molar-refractivity contribution in [3.05, 3.63) is 23.3 Å². The number of aliphatic hydroxyl groups excluding tert-OH is 1. The molecule has 2 N–H and O–H groups in total. The van der Waals surface area contributed by atoms with Crippen LogP contribution in [0.25, 0.3) is 0 Å². The summed E-state index contributed by atoms with van der Waals surface area (Å²) in [6.07, 6.45) is 4.72. The van der Waals surface area contributed by atoms with E-state index in [4.69, 9.17) is 5.11 Å². The summed E-state index contributed by atoms with van der Waals surface area (Å²) in [6, 6.07) is 0.0906. The number of nitrogens with one attached hydrogen (secondary N) is 1. The van der Waals surface area contributed by atoms with Gasteiger partial charge in [-0.15, -0.1) is 0 Å². The second-order valence-electron chi connectivity index (χ2n) is 3.28. The fourth-order valence-electron chi connectivity index (χ4n) is 1.46. The van der Waals surface area contributed by atoms with Crippen molar-refractivity contribution in [2.24, 2.45) is 0 Å². The van der Waals surface area contributed by atoms with E-state index in [-0.39, 0.29) is 18.6 Å². The Morgan fingerprint density at radius 3 is 2.92 bits per heavy atom. The Labute approximate surface area is 78.1 Å². The molecule has 0 fully saturated rings. The fraction of sp³-hybridized carbons (Fsp3) is 0.500. The van der Waals surface area contributed by atoms with Crippen LogP contribution in [0.3, 0.4) is 0 Å². The maximum atomic E-state index is 10.8. The van der Waals surface area contributed by atoms with Gasteiger partial charge in [0.15, 0.2) is 0 Å². The minimum Gasteiger partial charge on any atom is -0.392 e. The zero-order valence-corrected chi connectivity index (χ0v) is 8.00. The van der Waals surface area contributed by atoms with Crippen molar-refractivity contribution in [1.29, 1.82) is 0 Å². The second kappa shape index (κ2) is 4.23. The normalized spacial score (nSPS) is 21.9. The Morgan fingerprint density at radius 2 is 2.46 bits per heavy atom. The van der Waals surface area contributed by atoms with E-state index in [0.717, 1.165) is 17.6 Å². The summed E-state index contributed by atoms with van der Waals surface area (Å²) >= 11 is 0. The van der Waals surface area contributed by atoms with Crippen LogP contribution in [-0.4, -0.2) is 23.7 Å². The van der Waals surface area contributed by atoms with Crippen molar-refractivity contribution in [3.63, 3.8) is 0 Å². The summed E-state index contributed by atoms with van der Waals surface area (Å²) in [5.74, 6) is -0.0186. The number of carbonyl (C=O) groups is 1. The molecule has 0 bridgehead atoms. The first-order chi connectivity index (χ1) is 6.13. The van der Waals surface area contributed by atoms with Crippen LogP contribution >= 0.6 is 0 Å². The average Bonchev–Trinajstić information content (AvgIpc) is 2.03. The number of hydrogen-bond acceptors (Lipinski definition) is 2. The minimum atomic E-state index is -0.0186. The van der Waals surface area contributed by atoms with Gasteiger partial charge >= 0.3 is 0 Å². The quantitative estimate of drug-likeness (QED) is 0.660. The molecule has 3 heteroatoms. The minimum absolute atomic E-state index is 0.0186. The van der Waals surface area contributed by atoms with Gasteiger partial charge in [-0.05, 0) is 24.5 Å². The Morgan fingerprint density at radius 1 is 1.77 bits per heavy atom. The highest BCUT2D eigenvalue weighted by Gasteiger charge is 2.12. The lowest BCUT2D eigenvalue weighted by atomic mass is 9.96. The van der Waals surface area contributed by atoms with Crippen molar-refractivity contribution in [2.45, 2.75) is 26.3 Å². The Hall–Kier alpha value is -1.09. The molecule has 0 aromatic carbocycles. The van der Waals surface area contributed by atoms with Gasteiger partial charge in [-0.2, -0.15) is 0 Å². The molecule has 1 rings (SSSR count). The van der Waals surface area contributed by atoms with Gasteiger partial charge in [0.25, 0.3) is 0 Å². The van der Waals surface area contributed by atoms with Gasteiger partial charge in [-0.25, -0.2) is 0 Å². The van der Waals surface area contributed by atoms with Crippen molar-refractivity contribution < 1.29 is 9.90 Å². The number of amides is 1. The van der Waals surface area contributed by atoms with Crippen LogP contribution < -0.4 is 5.32 Å². The van der Waals surface area contributed by atoms with Gasteiger partial charge < -0.3 is 10.4 Å². The largest absolute Gasteiger partial charge is 0.392 e. The molecule has 1 aliphatic carbocycles. The standard InChI is InChI=1S/C10H15NO2/c1-7-5-10(11-8(2)13)4-3-9(7)6-12/h3,5,10,12H,4,6H2,1-2H3,(H,11,13). The molecular formula is C10H15NO2. The van der Waals surface area contributed by atoms with Crippen LogP contribution in [0.15, 0.2) is 23.3 Å². The van der Waals surface area contributed by atoms with Gasteiger partial charge in [0.2, 0.25) is 5.91 Å². The lowest BCUT2D eigenvalue weighted by molar-refractivity contribution is -0.119. The number of hydrogen-bond donors (Lipinski definition) is 2. The van der Waals surface area contributed by atoms with Crippen molar-refractivity contribution >= 4 is 5.91 Å². The molecule has 0 aromatic rings. The van der Waals surface area contributed by atoms with Crippen molar-refractivity contribution in [3.8, 4) is 0 Å². The van der Waals surface area contributed by atoms with E-state index in [1.165, 1.54) is 6.92 Å². The average molecular weight is 181 g/mol. The van der Waals surface area contributed by atoms with E-state index in [1.54, 1.807) is 0 Å². The first kappa shape index (κ1) is 9.99. The number of carbonyl (C=O) groups excluding carboxylic acids is 1. The molecule has 0 aliphatic heterocycles. The second-order valence-corrected chi connectivity index (χ2v) is 3.28. The third-order valence-electron chi connectivity index (χ3n) is 2.13. The highest BCUT2D eigenvalue weighted by Crippen LogP contribution is 2.17. The fourth-order valence-corrected chi connectivity index (χ4v) is 1.46. The molecule has 1 unspecified atom stereocenters. The third-order valence-corrected chi connectivity index (χ3v) is 2.13. The van der Waals surface area contributed by atoms with E-state index in [2.05, 4.69) is 5.32 Å². The van der Waals surface area contributed by atoms with E-state index >= 15 is 0 Å². The molecule has 1 aliphatic rings. The SMILES string of the molecule is CC(=O)NC1C=C(C)C(CO)=CC1. The van der Waals surface area contributed by atoms with E-state index in [0.29, 0.717) is 0 Å². The monoisotopic (exact) mass is 181 g/mol. The molecule has 13 heavy (non-hydrogen) atoms. The molecule has 0 saturated heterocycles. The summed E-state index contributed by atoms with van der Waals surface area (Å²) in [6.45, 7) is 3.53. The molecule has 0 saturated carbocycles. The van der Waals surface area contributed by atoms with Crippen molar-refractivity contribution in [1.82, 2.24) is 5.32 Å². The van der Waals surface area contributed by atoms with Gasteiger partial charge in [0.05, 0.1) is 12.6 Å². The lowest BCUT2D eigenvalue weighted by Gasteiger charge is -2.19. The summed E-state index contributed by atoms with van der Waals surface area (Å²) in [4.78, 5) is 10.8. The van der Waals surface area contributed by atoms with Gasteiger partial charge in [-0.1, -0.05) is 12.2 Å². The molecule has 0 spiro atoms. The Kier molecular flexibility index (Phi) is 3.25. The molecule has 0 aromatic heterocycles. The number of aliphatic hydroxyl groups is 1. The molecule has 0 radical (unpaired) electrons. The van der Waals surface area contributed by atoms with E-state index in [9.17, 15) is 4.79 Å².